The summed E-state index contributed by atoms with van der Waals surface area (Å²) in [6, 6.07) is 0. The number of ketones is 1. The van der Waals surface area contributed by atoms with E-state index in [9.17, 15) is 25.2 Å². The minimum atomic E-state index is -1.34. The summed E-state index contributed by atoms with van der Waals surface area (Å²) in [5.74, 6) is 1.26. The second-order valence-corrected chi connectivity index (χ2v) is 20.6. The van der Waals surface area contributed by atoms with Gasteiger partial charge in [0, 0.05) is 29.9 Å². The van der Waals surface area contributed by atoms with Crippen molar-refractivity contribution in [2.75, 3.05) is 19.8 Å². The molecule has 5 fully saturated rings. The van der Waals surface area contributed by atoms with Crippen LogP contribution in [-0.2, 0) is 14.3 Å². The third-order valence-electron chi connectivity index (χ3n) is 17.8. The molecule has 2 saturated heterocycles. The molecule has 9 nitrogen and oxygen atoms in total. The molecule has 0 spiro atoms. The van der Waals surface area contributed by atoms with Gasteiger partial charge in [-0.2, -0.15) is 0 Å². The van der Waals surface area contributed by atoms with Crippen molar-refractivity contribution in [3.05, 3.63) is 34.7 Å². The van der Waals surface area contributed by atoms with E-state index in [-0.39, 0.29) is 47.6 Å². The Morgan fingerprint density at radius 2 is 1.87 bits per heavy atom. The Bertz CT molecular complexity index is 1610. The van der Waals surface area contributed by atoms with Crippen LogP contribution >= 0.6 is 0 Å². The fourth-order valence-electron chi connectivity index (χ4n) is 14.3. The number of dihydropyridines is 1. The van der Waals surface area contributed by atoms with Gasteiger partial charge in [-0.25, -0.2) is 0 Å². The van der Waals surface area contributed by atoms with Gasteiger partial charge in [0.2, 0.25) is 0 Å². The van der Waals surface area contributed by atoms with E-state index in [1.807, 2.05) is 19.9 Å². The average Bonchev–Trinajstić information content (AvgIpc) is 3.94. The Morgan fingerprint density at radius 3 is 2.60 bits per heavy atom. The van der Waals surface area contributed by atoms with Gasteiger partial charge >= 0.3 is 0 Å². The molecule has 0 bridgehead atoms. The van der Waals surface area contributed by atoms with Gasteiger partial charge in [-0.15, -0.1) is 0 Å². The summed E-state index contributed by atoms with van der Waals surface area (Å²) in [6.07, 6.45) is 17.6. The Hall–Kier alpha value is -1.75. The Balaban J connectivity index is 1.13. The van der Waals surface area contributed by atoms with Gasteiger partial charge in [-0.3, -0.25) is 4.79 Å². The molecule has 14 unspecified atom stereocenters. The molecule has 0 aromatic carbocycles. The molecule has 0 aromatic rings. The molecule has 0 amide bonds. The van der Waals surface area contributed by atoms with Crippen molar-refractivity contribution in [3.63, 3.8) is 0 Å². The van der Waals surface area contributed by atoms with Crippen LogP contribution in [0.15, 0.2) is 34.7 Å². The number of epoxide rings is 1. The van der Waals surface area contributed by atoms with Crippen molar-refractivity contribution in [3.8, 4) is 0 Å². The van der Waals surface area contributed by atoms with Crippen molar-refractivity contribution >= 4 is 5.78 Å². The monoisotopic (exact) mass is 765 g/mol. The normalized spacial score (nSPS) is 45.7. The van der Waals surface area contributed by atoms with Crippen molar-refractivity contribution in [2.24, 2.45) is 51.6 Å². The van der Waals surface area contributed by atoms with Crippen LogP contribution in [0, 0.1) is 45.8 Å². The van der Waals surface area contributed by atoms with Crippen LogP contribution in [-0.4, -0.2) is 81.1 Å². The smallest absolute Gasteiger partial charge is 0.162 e. The lowest BCUT2D eigenvalue weighted by Crippen LogP contribution is -2.66. The van der Waals surface area contributed by atoms with Gasteiger partial charge in [0.05, 0.1) is 29.7 Å². The molecule has 0 aromatic heterocycles. The quantitative estimate of drug-likeness (QED) is 0.0926. The minimum Gasteiger partial charge on any atom is -0.396 e. The number of carbonyl (C=O) groups excluding carboxylic acids is 1. The first-order valence-corrected chi connectivity index (χ1v) is 22.3. The zero-order chi connectivity index (χ0) is 39.2. The largest absolute Gasteiger partial charge is 0.396 e. The van der Waals surface area contributed by atoms with Crippen LogP contribution in [0.3, 0.4) is 0 Å². The fraction of sp³-hybridized carbons (Fsp3) is 0.848. The first-order valence-electron chi connectivity index (χ1n) is 22.3. The predicted molar refractivity (Wildman–Crippen MR) is 212 cm³/mol. The summed E-state index contributed by atoms with van der Waals surface area (Å²) >= 11 is 0. The predicted octanol–water partition coefficient (Wildman–Crippen LogP) is 6.37. The first kappa shape index (κ1) is 40.0. The lowest BCUT2D eigenvalue weighted by Gasteiger charge is -2.64. The maximum absolute atomic E-state index is 14.8. The molecule has 308 valence electrons. The van der Waals surface area contributed by atoms with Gasteiger partial charge in [-0.1, -0.05) is 59.5 Å². The number of nitrogens with two attached hydrogens (primary N) is 1. The second kappa shape index (κ2) is 14.2. The van der Waals surface area contributed by atoms with Crippen LogP contribution in [0.2, 0.25) is 0 Å². The van der Waals surface area contributed by atoms with Crippen LogP contribution in [0.4, 0.5) is 0 Å². The van der Waals surface area contributed by atoms with E-state index in [0.717, 1.165) is 87.3 Å². The van der Waals surface area contributed by atoms with E-state index >= 15 is 0 Å². The highest BCUT2D eigenvalue weighted by atomic mass is 16.6. The molecule has 5 aliphatic carbocycles. The minimum absolute atomic E-state index is 0.0220. The van der Waals surface area contributed by atoms with E-state index in [2.05, 4.69) is 32.2 Å². The molecule has 9 heteroatoms. The number of Topliss-reactive ketones (excluding diaryl/α,β-unsaturated/α-hetero) is 1. The molecule has 14 atom stereocenters. The Kier molecular flexibility index (Phi) is 10.4. The van der Waals surface area contributed by atoms with Crippen molar-refractivity contribution in [1.29, 1.82) is 0 Å². The number of hydrogen-bond donors (Lipinski definition) is 6. The second-order valence-electron chi connectivity index (χ2n) is 20.6. The Labute approximate surface area is 330 Å². The number of carbonyl (C=O) groups is 1. The van der Waals surface area contributed by atoms with Gasteiger partial charge in [0.15, 0.2) is 5.78 Å². The number of aliphatic hydroxyl groups is 4. The molecular formula is C46H72N2O7. The van der Waals surface area contributed by atoms with Crippen LogP contribution in [0.25, 0.3) is 0 Å². The number of aliphatic hydroxyl groups excluding tert-OH is 2. The van der Waals surface area contributed by atoms with Crippen LogP contribution < -0.4 is 11.1 Å². The summed E-state index contributed by atoms with van der Waals surface area (Å²) in [6.45, 7) is 11.7. The molecule has 8 rings (SSSR count). The zero-order valence-electron chi connectivity index (χ0n) is 34.5. The lowest BCUT2D eigenvalue weighted by molar-refractivity contribution is -0.198. The van der Waals surface area contributed by atoms with Gasteiger partial charge in [0.25, 0.3) is 0 Å². The maximum Gasteiger partial charge on any atom is 0.162 e. The molecule has 7 N–H and O–H groups in total. The standard InChI is InChI=1S/C46H72N2O7/c1-6-7-8-9-17-44-20-13-31(50)25-34(44)38(51)32-11-10-30-24-35(42(4)19-14-33(44)37(32)46(30,42)53)45(26-28(2)16-22-54-45)40-39(55-40)43(5,52)41(3,27-49)18-12-29-15-21-48-36(47)23-29/h15,23,28,30-31,33-35,39-40,48-50,52-53H,6-14,16-22,24-27,47H2,1-5H3. The summed E-state index contributed by atoms with van der Waals surface area (Å²) in [4.78, 5) is 14.8. The summed E-state index contributed by atoms with van der Waals surface area (Å²) in [7, 11) is 0. The number of ether oxygens (including phenoxy) is 2. The Morgan fingerprint density at radius 1 is 1.07 bits per heavy atom. The summed E-state index contributed by atoms with van der Waals surface area (Å²) in [5.41, 5.74) is 4.40. The van der Waals surface area contributed by atoms with Gasteiger partial charge in [-0.05, 0) is 142 Å². The fourth-order valence-corrected chi connectivity index (χ4v) is 14.3. The van der Waals surface area contributed by atoms with Crippen LogP contribution in [0.5, 0.6) is 0 Å². The van der Waals surface area contributed by atoms with E-state index in [4.69, 9.17) is 15.2 Å². The molecule has 8 aliphatic rings. The van der Waals surface area contributed by atoms with Gasteiger partial charge in [0.1, 0.15) is 17.8 Å². The molecule has 55 heavy (non-hydrogen) atoms. The number of allylic oxidation sites excluding steroid dienone is 3. The van der Waals surface area contributed by atoms with Crippen molar-refractivity contribution in [1.82, 2.24) is 5.32 Å². The number of rotatable bonds is 13. The molecule has 3 saturated carbocycles. The number of fused-ring (bicyclic) bond motifs is 2. The molecule has 3 aliphatic heterocycles. The SMILES string of the molecule is CCCCCCC12CCC(O)CC1C(=O)C1=C3C2CCC2(C)C(C4(C5OC5C(C)(O)C(C)(CO)CCC5=CCNC(N)=C5)CC(C)CCO4)CC(CC1)C32O. The molecular weight excluding hydrogens is 693 g/mol. The van der Waals surface area contributed by atoms with E-state index in [1.54, 1.807) is 0 Å². The van der Waals surface area contributed by atoms with E-state index in [0.29, 0.717) is 50.6 Å². The average molecular weight is 765 g/mol. The first-order chi connectivity index (χ1) is 26.1. The van der Waals surface area contributed by atoms with E-state index < -0.39 is 39.8 Å². The number of nitrogens with one attached hydrogen (secondary N) is 1. The van der Waals surface area contributed by atoms with Gasteiger partial charge < -0.3 is 41.0 Å². The van der Waals surface area contributed by atoms with Crippen molar-refractivity contribution in [2.45, 2.75) is 179 Å². The highest BCUT2D eigenvalue weighted by molar-refractivity contribution is 6.00. The van der Waals surface area contributed by atoms with E-state index in [1.165, 1.54) is 12.8 Å². The van der Waals surface area contributed by atoms with Crippen molar-refractivity contribution < 1.29 is 34.7 Å². The molecule has 0 radical (unpaired) electrons. The number of unbranched alkanes of at least 4 members (excludes halogenated alkanes) is 3. The third-order valence-corrected chi connectivity index (χ3v) is 17.8. The van der Waals surface area contributed by atoms with Crippen LogP contribution in [0.1, 0.15) is 144 Å². The number of hydrogen-bond acceptors (Lipinski definition) is 9. The zero-order valence-corrected chi connectivity index (χ0v) is 34.5. The topological polar surface area (TPSA) is 158 Å². The maximum atomic E-state index is 14.8. The lowest BCUT2D eigenvalue weighted by atomic mass is 9.41. The highest BCUT2D eigenvalue weighted by Gasteiger charge is 2.78. The summed E-state index contributed by atoms with van der Waals surface area (Å²) < 4.78 is 13.9. The molecule has 3 heterocycles. The third kappa shape index (κ3) is 5.92. The summed E-state index contributed by atoms with van der Waals surface area (Å²) in [5, 5.41) is 51.3. The highest BCUT2D eigenvalue weighted by Crippen LogP contribution is 2.75.